The molecule has 1 unspecified atom stereocenters. The van der Waals surface area contributed by atoms with Crippen LogP contribution in [0.25, 0.3) is 0 Å². The fourth-order valence-corrected chi connectivity index (χ4v) is 0.690. The standard InChI is InChI=1S/C7H14N2O4/c1-4(8)6(11)9-5(2-3-10)7(12)13/h4-5,10H,2-3,8H2,1H3,(H,9,11)(H,12,13)/t4-,5?/m1/s1. The largest absolute Gasteiger partial charge is 0.480 e. The second-order valence-electron chi connectivity index (χ2n) is 2.70. The molecule has 0 radical (unpaired) electrons. The lowest BCUT2D eigenvalue weighted by Gasteiger charge is -2.14. The predicted molar refractivity (Wildman–Crippen MR) is 44.9 cm³/mol. The van der Waals surface area contributed by atoms with Crippen molar-refractivity contribution >= 4 is 11.9 Å². The fraction of sp³-hybridized carbons (Fsp3) is 0.714. The molecule has 0 aliphatic heterocycles. The van der Waals surface area contributed by atoms with E-state index in [0.717, 1.165) is 0 Å². The number of aliphatic carboxylic acids is 1. The van der Waals surface area contributed by atoms with E-state index in [9.17, 15) is 9.59 Å². The molecule has 6 heteroatoms. The molecule has 6 nitrogen and oxygen atoms in total. The quantitative estimate of drug-likeness (QED) is 0.412. The van der Waals surface area contributed by atoms with Crippen molar-refractivity contribution in [2.45, 2.75) is 25.4 Å². The minimum absolute atomic E-state index is 0.0200. The zero-order valence-electron chi connectivity index (χ0n) is 7.36. The highest BCUT2D eigenvalue weighted by molar-refractivity contribution is 5.86. The number of amides is 1. The maximum absolute atomic E-state index is 11.0. The molecule has 0 heterocycles. The molecule has 0 bridgehead atoms. The summed E-state index contributed by atoms with van der Waals surface area (Å²) in [7, 11) is 0. The first-order chi connectivity index (χ1) is 5.99. The van der Waals surface area contributed by atoms with Gasteiger partial charge in [-0.05, 0) is 6.92 Å². The van der Waals surface area contributed by atoms with Crippen molar-refractivity contribution in [1.29, 1.82) is 0 Å². The van der Waals surface area contributed by atoms with Gasteiger partial charge in [0.15, 0.2) is 0 Å². The molecule has 0 saturated heterocycles. The van der Waals surface area contributed by atoms with Gasteiger partial charge in [-0.2, -0.15) is 0 Å². The van der Waals surface area contributed by atoms with E-state index in [1.807, 2.05) is 0 Å². The zero-order chi connectivity index (χ0) is 10.4. The SMILES string of the molecule is C[C@@H](N)C(=O)NC(CCO)C(=O)O. The normalized spacial score (nSPS) is 14.7. The van der Waals surface area contributed by atoms with Gasteiger partial charge in [-0.25, -0.2) is 4.79 Å². The molecule has 0 aromatic heterocycles. The third-order valence-electron chi connectivity index (χ3n) is 1.45. The van der Waals surface area contributed by atoms with E-state index in [4.69, 9.17) is 15.9 Å². The average Bonchev–Trinajstić information content (AvgIpc) is 2.03. The lowest BCUT2D eigenvalue weighted by molar-refractivity contribution is -0.142. The first kappa shape index (κ1) is 11.9. The van der Waals surface area contributed by atoms with Crippen molar-refractivity contribution in [1.82, 2.24) is 5.32 Å². The molecule has 13 heavy (non-hydrogen) atoms. The van der Waals surface area contributed by atoms with Crippen LogP contribution in [0.2, 0.25) is 0 Å². The van der Waals surface area contributed by atoms with Crippen LogP contribution in [-0.2, 0) is 9.59 Å². The molecule has 0 aliphatic carbocycles. The van der Waals surface area contributed by atoms with Gasteiger partial charge < -0.3 is 21.3 Å². The molecule has 1 amide bonds. The van der Waals surface area contributed by atoms with E-state index in [1.165, 1.54) is 6.92 Å². The molecular formula is C7H14N2O4. The number of hydrogen-bond donors (Lipinski definition) is 4. The summed E-state index contributed by atoms with van der Waals surface area (Å²) in [6.45, 7) is 1.16. The van der Waals surface area contributed by atoms with Crippen molar-refractivity contribution in [3.8, 4) is 0 Å². The molecule has 0 aromatic carbocycles. The number of carbonyl (C=O) groups excluding carboxylic acids is 1. The highest BCUT2D eigenvalue weighted by Gasteiger charge is 2.20. The Morgan fingerprint density at radius 3 is 2.38 bits per heavy atom. The van der Waals surface area contributed by atoms with Crippen LogP contribution in [0.1, 0.15) is 13.3 Å². The first-order valence-corrected chi connectivity index (χ1v) is 3.88. The number of aliphatic hydroxyl groups is 1. The lowest BCUT2D eigenvalue weighted by atomic mass is 10.2. The second-order valence-corrected chi connectivity index (χ2v) is 2.70. The van der Waals surface area contributed by atoms with Crippen molar-refractivity contribution in [2.24, 2.45) is 5.73 Å². The summed E-state index contributed by atoms with van der Waals surface area (Å²) in [6.07, 6.45) is -0.0200. The summed E-state index contributed by atoms with van der Waals surface area (Å²) in [4.78, 5) is 21.4. The van der Waals surface area contributed by atoms with Crippen molar-refractivity contribution < 1.29 is 19.8 Å². The lowest BCUT2D eigenvalue weighted by Crippen LogP contribution is -2.47. The van der Waals surface area contributed by atoms with Crippen LogP contribution >= 0.6 is 0 Å². The van der Waals surface area contributed by atoms with Crippen LogP contribution in [0.4, 0.5) is 0 Å². The molecular weight excluding hydrogens is 176 g/mol. The molecule has 0 fully saturated rings. The number of carboxylic acids is 1. The van der Waals surface area contributed by atoms with Crippen molar-refractivity contribution in [3.05, 3.63) is 0 Å². The van der Waals surface area contributed by atoms with E-state index >= 15 is 0 Å². The van der Waals surface area contributed by atoms with Gasteiger partial charge in [0.25, 0.3) is 0 Å². The topological polar surface area (TPSA) is 113 Å². The van der Waals surface area contributed by atoms with Crippen LogP contribution in [-0.4, -0.2) is 40.8 Å². The van der Waals surface area contributed by atoms with Gasteiger partial charge >= 0.3 is 5.97 Å². The van der Waals surface area contributed by atoms with Gasteiger partial charge in [-0.15, -0.1) is 0 Å². The number of hydrogen-bond acceptors (Lipinski definition) is 4. The summed E-state index contributed by atoms with van der Waals surface area (Å²) in [5.41, 5.74) is 5.21. The van der Waals surface area contributed by atoms with Crippen LogP contribution in [0, 0.1) is 0 Å². The van der Waals surface area contributed by atoms with E-state index in [0.29, 0.717) is 0 Å². The van der Waals surface area contributed by atoms with Gasteiger partial charge in [0.1, 0.15) is 6.04 Å². The Morgan fingerprint density at radius 2 is 2.08 bits per heavy atom. The van der Waals surface area contributed by atoms with Gasteiger partial charge in [-0.3, -0.25) is 4.79 Å². The summed E-state index contributed by atoms with van der Waals surface area (Å²) in [5, 5.41) is 19.3. The number of nitrogens with two attached hydrogens (primary N) is 1. The number of rotatable bonds is 5. The minimum Gasteiger partial charge on any atom is -0.480 e. The molecule has 5 N–H and O–H groups in total. The predicted octanol–water partition coefficient (Wildman–Crippen LogP) is -1.71. The molecule has 0 spiro atoms. The summed E-state index contributed by atoms with van der Waals surface area (Å²) in [6, 6.07) is -1.82. The first-order valence-electron chi connectivity index (χ1n) is 3.88. The van der Waals surface area contributed by atoms with Crippen LogP contribution < -0.4 is 11.1 Å². The van der Waals surface area contributed by atoms with Crippen LogP contribution in [0.15, 0.2) is 0 Å². The van der Waals surface area contributed by atoms with Gasteiger partial charge in [0.05, 0.1) is 6.04 Å². The van der Waals surface area contributed by atoms with Gasteiger partial charge in [0, 0.05) is 13.0 Å². The van der Waals surface area contributed by atoms with Crippen molar-refractivity contribution in [3.63, 3.8) is 0 Å². The maximum Gasteiger partial charge on any atom is 0.326 e. The number of carbonyl (C=O) groups is 2. The molecule has 2 atom stereocenters. The van der Waals surface area contributed by atoms with Crippen LogP contribution in [0.3, 0.4) is 0 Å². The minimum atomic E-state index is -1.18. The smallest absolute Gasteiger partial charge is 0.326 e. The maximum atomic E-state index is 11.0. The Hall–Kier alpha value is -1.14. The molecule has 0 saturated carbocycles. The Labute approximate surface area is 75.7 Å². The molecule has 0 aliphatic rings. The number of carboxylic acid groups (broad SMARTS) is 1. The summed E-state index contributed by atoms with van der Waals surface area (Å²) < 4.78 is 0. The van der Waals surface area contributed by atoms with Gasteiger partial charge in [-0.1, -0.05) is 0 Å². The third-order valence-corrected chi connectivity index (χ3v) is 1.45. The monoisotopic (exact) mass is 190 g/mol. The average molecular weight is 190 g/mol. The fourth-order valence-electron chi connectivity index (χ4n) is 0.690. The number of aliphatic hydroxyl groups excluding tert-OH is 1. The van der Waals surface area contributed by atoms with E-state index in [2.05, 4.69) is 5.32 Å². The Bertz CT molecular complexity index is 193. The zero-order valence-corrected chi connectivity index (χ0v) is 7.36. The highest BCUT2D eigenvalue weighted by Crippen LogP contribution is 1.92. The second kappa shape index (κ2) is 5.50. The summed E-state index contributed by atoms with van der Waals surface area (Å²) >= 11 is 0. The Morgan fingerprint density at radius 1 is 1.54 bits per heavy atom. The summed E-state index contributed by atoms with van der Waals surface area (Å²) in [5.74, 6) is -1.72. The van der Waals surface area contributed by atoms with E-state index in [1.54, 1.807) is 0 Å². The molecule has 76 valence electrons. The van der Waals surface area contributed by atoms with E-state index in [-0.39, 0.29) is 13.0 Å². The highest BCUT2D eigenvalue weighted by atomic mass is 16.4. The van der Waals surface area contributed by atoms with E-state index < -0.39 is 24.0 Å². The molecule has 0 aromatic rings. The van der Waals surface area contributed by atoms with Gasteiger partial charge in [0.2, 0.25) is 5.91 Å². The Kier molecular flexibility index (Phi) is 5.01. The Balaban J connectivity index is 4.10. The van der Waals surface area contributed by atoms with Crippen molar-refractivity contribution in [2.75, 3.05) is 6.61 Å². The molecule has 0 rings (SSSR count). The van der Waals surface area contributed by atoms with Crippen LogP contribution in [0.5, 0.6) is 0 Å². The third kappa shape index (κ3) is 4.44. The number of nitrogens with one attached hydrogen (secondary N) is 1.